The third-order valence-electron chi connectivity index (χ3n) is 3.58. The van der Waals surface area contributed by atoms with Crippen LogP contribution in [0, 0.1) is 0 Å². The van der Waals surface area contributed by atoms with Gasteiger partial charge >= 0.3 is 0 Å². The molecule has 0 heterocycles. The van der Waals surface area contributed by atoms with Crippen molar-refractivity contribution in [2.24, 2.45) is 0 Å². The summed E-state index contributed by atoms with van der Waals surface area (Å²) in [5, 5.41) is 0. The standard InChI is InChI=1S/C21H27NO/c1-17(2)23-21(19-13-9-6-10-14-19)20(15-16-22(3)4)18-11-7-5-8-12-18/h5-15,17,21H,16H2,1-4H3. The molecule has 0 N–H and O–H groups in total. The van der Waals surface area contributed by atoms with Crippen LogP contribution in [0.5, 0.6) is 0 Å². The summed E-state index contributed by atoms with van der Waals surface area (Å²) in [6, 6.07) is 21.0. The van der Waals surface area contributed by atoms with E-state index in [0.717, 1.165) is 6.54 Å². The summed E-state index contributed by atoms with van der Waals surface area (Å²) in [6.07, 6.45) is 2.38. The van der Waals surface area contributed by atoms with Crippen molar-refractivity contribution >= 4 is 5.57 Å². The maximum absolute atomic E-state index is 6.30. The van der Waals surface area contributed by atoms with Crippen LogP contribution in [-0.4, -0.2) is 31.6 Å². The first-order valence-electron chi connectivity index (χ1n) is 8.18. The third kappa shape index (κ3) is 5.34. The zero-order chi connectivity index (χ0) is 16.7. The average Bonchev–Trinajstić information content (AvgIpc) is 2.55. The van der Waals surface area contributed by atoms with Crippen LogP contribution in [0.3, 0.4) is 0 Å². The summed E-state index contributed by atoms with van der Waals surface area (Å²) in [7, 11) is 4.17. The molecule has 23 heavy (non-hydrogen) atoms. The second-order valence-electron chi connectivity index (χ2n) is 6.26. The Hall–Kier alpha value is -1.90. The van der Waals surface area contributed by atoms with Crippen LogP contribution in [-0.2, 0) is 4.74 Å². The van der Waals surface area contributed by atoms with Gasteiger partial charge in [0.15, 0.2) is 0 Å². The molecule has 0 saturated heterocycles. The number of likely N-dealkylation sites (N-methyl/N-ethyl adjacent to an activating group) is 1. The number of ether oxygens (including phenoxy) is 1. The van der Waals surface area contributed by atoms with E-state index in [0.29, 0.717) is 0 Å². The molecule has 2 aromatic rings. The number of benzene rings is 2. The largest absolute Gasteiger partial charge is 0.366 e. The topological polar surface area (TPSA) is 12.5 Å². The van der Waals surface area contributed by atoms with Crippen molar-refractivity contribution in [3.63, 3.8) is 0 Å². The van der Waals surface area contributed by atoms with E-state index in [2.05, 4.69) is 87.4 Å². The zero-order valence-corrected chi connectivity index (χ0v) is 14.6. The molecule has 0 radical (unpaired) electrons. The minimum absolute atomic E-state index is 0.0569. The lowest BCUT2D eigenvalue weighted by molar-refractivity contribution is 0.0404. The van der Waals surface area contributed by atoms with E-state index in [1.807, 2.05) is 12.1 Å². The van der Waals surface area contributed by atoms with Gasteiger partial charge in [-0.15, -0.1) is 0 Å². The lowest BCUT2D eigenvalue weighted by Gasteiger charge is -2.25. The van der Waals surface area contributed by atoms with Crippen molar-refractivity contribution < 1.29 is 4.74 Å². The predicted molar refractivity (Wildman–Crippen MR) is 98.4 cm³/mol. The second kappa shape index (κ2) is 8.66. The molecule has 2 heteroatoms. The molecule has 1 atom stereocenters. The Balaban J connectivity index is 2.45. The molecule has 0 bridgehead atoms. The predicted octanol–water partition coefficient (Wildman–Crippen LogP) is 4.80. The van der Waals surface area contributed by atoms with Gasteiger partial charge in [0, 0.05) is 6.54 Å². The second-order valence-corrected chi connectivity index (χ2v) is 6.26. The van der Waals surface area contributed by atoms with Crippen LogP contribution in [0.1, 0.15) is 31.1 Å². The first-order chi connectivity index (χ1) is 11.1. The van der Waals surface area contributed by atoms with E-state index in [4.69, 9.17) is 4.74 Å². The number of rotatable bonds is 7. The molecule has 1 unspecified atom stereocenters. The highest BCUT2D eigenvalue weighted by Gasteiger charge is 2.20. The van der Waals surface area contributed by atoms with Gasteiger partial charge in [-0.2, -0.15) is 0 Å². The first-order valence-corrected chi connectivity index (χ1v) is 8.18. The zero-order valence-electron chi connectivity index (χ0n) is 14.6. The molecule has 2 rings (SSSR count). The van der Waals surface area contributed by atoms with Crippen molar-refractivity contribution in [2.75, 3.05) is 20.6 Å². The highest BCUT2D eigenvalue weighted by atomic mass is 16.5. The summed E-state index contributed by atoms with van der Waals surface area (Å²) in [5.41, 5.74) is 3.62. The maximum Gasteiger partial charge on any atom is 0.108 e. The van der Waals surface area contributed by atoms with Crippen molar-refractivity contribution in [3.05, 3.63) is 77.9 Å². The van der Waals surface area contributed by atoms with Crippen LogP contribution in [0.25, 0.3) is 5.57 Å². The Kier molecular flexibility index (Phi) is 6.57. The lowest BCUT2D eigenvalue weighted by atomic mass is 9.94. The van der Waals surface area contributed by atoms with Crippen molar-refractivity contribution in [1.82, 2.24) is 4.90 Å². The highest BCUT2D eigenvalue weighted by molar-refractivity contribution is 5.70. The average molecular weight is 309 g/mol. The molecule has 2 nitrogen and oxygen atoms in total. The van der Waals surface area contributed by atoms with E-state index in [1.165, 1.54) is 16.7 Å². The minimum atomic E-state index is -0.0569. The van der Waals surface area contributed by atoms with Crippen LogP contribution in [0.4, 0.5) is 0 Å². The molecular formula is C21H27NO. The van der Waals surface area contributed by atoms with E-state index in [9.17, 15) is 0 Å². The summed E-state index contributed by atoms with van der Waals surface area (Å²) in [5.74, 6) is 0. The fourth-order valence-electron chi connectivity index (χ4n) is 2.52. The summed E-state index contributed by atoms with van der Waals surface area (Å²) in [4.78, 5) is 2.17. The van der Waals surface area contributed by atoms with Gasteiger partial charge in [-0.05, 0) is 44.6 Å². The van der Waals surface area contributed by atoms with Gasteiger partial charge in [-0.1, -0.05) is 66.7 Å². The quantitative estimate of drug-likeness (QED) is 0.728. The molecule has 2 aromatic carbocycles. The lowest BCUT2D eigenvalue weighted by Crippen LogP contribution is -2.16. The summed E-state index contributed by atoms with van der Waals surface area (Å²) >= 11 is 0. The normalized spacial score (nSPS) is 13.6. The van der Waals surface area contributed by atoms with Gasteiger partial charge in [0.1, 0.15) is 6.10 Å². The van der Waals surface area contributed by atoms with E-state index in [-0.39, 0.29) is 12.2 Å². The fraction of sp³-hybridized carbons (Fsp3) is 0.333. The van der Waals surface area contributed by atoms with Crippen LogP contribution in [0.2, 0.25) is 0 Å². The Morgan fingerprint density at radius 3 is 2.04 bits per heavy atom. The minimum Gasteiger partial charge on any atom is -0.366 e. The maximum atomic E-state index is 6.30. The van der Waals surface area contributed by atoms with Crippen molar-refractivity contribution in [1.29, 1.82) is 0 Å². The van der Waals surface area contributed by atoms with Crippen LogP contribution < -0.4 is 0 Å². The molecule has 0 aromatic heterocycles. The molecule has 0 aliphatic carbocycles. The Bertz CT molecular complexity index is 602. The number of nitrogens with zero attached hydrogens (tertiary/aromatic N) is 1. The van der Waals surface area contributed by atoms with E-state index in [1.54, 1.807) is 0 Å². The molecular weight excluding hydrogens is 282 g/mol. The fourth-order valence-corrected chi connectivity index (χ4v) is 2.52. The Morgan fingerprint density at radius 1 is 0.957 bits per heavy atom. The third-order valence-corrected chi connectivity index (χ3v) is 3.58. The van der Waals surface area contributed by atoms with Gasteiger partial charge < -0.3 is 9.64 Å². The Morgan fingerprint density at radius 2 is 1.52 bits per heavy atom. The molecule has 0 saturated carbocycles. The molecule has 0 fully saturated rings. The summed E-state index contributed by atoms with van der Waals surface area (Å²) < 4.78 is 6.30. The van der Waals surface area contributed by atoms with E-state index >= 15 is 0 Å². The highest BCUT2D eigenvalue weighted by Crippen LogP contribution is 2.34. The molecule has 0 aliphatic heterocycles. The van der Waals surface area contributed by atoms with Gasteiger partial charge in [0.05, 0.1) is 6.10 Å². The van der Waals surface area contributed by atoms with Gasteiger partial charge in [-0.25, -0.2) is 0 Å². The van der Waals surface area contributed by atoms with Crippen molar-refractivity contribution in [2.45, 2.75) is 26.1 Å². The smallest absolute Gasteiger partial charge is 0.108 e. The molecule has 0 aliphatic rings. The van der Waals surface area contributed by atoms with Gasteiger partial charge in [0.25, 0.3) is 0 Å². The summed E-state index contributed by atoms with van der Waals surface area (Å²) in [6.45, 7) is 5.06. The van der Waals surface area contributed by atoms with Gasteiger partial charge in [-0.3, -0.25) is 0 Å². The van der Waals surface area contributed by atoms with Crippen molar-refractivity contribution in [3.8, 4) is 0 Å². The Labute approximate surface area is 140 Å². The van der Waals surface area contributed by atoms with Crippen LogP contribution in [0.15, 0.2) is 66.7 Å². The van der Waals surface area contributed by atoms with E-state index < -0.39 is 0 Å². The SMILES string of the molecule is CC(C)OC(C(=CCN(C)C)c1ccccc1)c1ccccc1. The number of hydrogen-bond donors (Lipinski definition) is 0. The monoisotopic (exact) mass is 309 g/mol. The van der Waals surface area contributed by atoms with Gasteiger partial charge in [0.2, 0.25) is 0 Å². The number of hydrogen-bond acceptors (Lipinski definition) is 2. The molecule has 0 spiro atoms. The molecule has 0 amide bonds. The molecule has 122 valence electrons. The first kappa shape index (κ1) is 17.5. The van der Waals surface area contributed by atoms with Crippen LogP contribution >= 0.6 is 0 Å².